The molecule has 8 heteroatoms. The van der Waals surface area contributed by atoms with Crippen molar-refractivity contribution in [3.05, 3.63) is 102 Å². The number of para-hydroxylation sites is 2. The van der Waals surface area contributed by atoms with Gasteiger partial charge in [0.1, 0.15) is 5.75 Å². The van der Waals surface area contributed by atoms with Crippen LogP contribution in [0.5, 0.6) is 5.75 Å². The Morgan fingerprint density at radius 1 is 0.906 bits per heavy atom. The molecule has 1 aromatic heterocycles. The first-order valence-corrected chi connectivity index (χ1v) is 9.90. The Morgan fingerprint density at radius 3 is 2.25 bits per heavy atom. The van der Waals surface area contributed by atoms with Crippen molar-refractivity contribution in [3.8, 4) is 11.4 Å². The predicted molar refractivity (Wildman–Crippen MR) is 122 cm³/mol. The van der Waals surface area contributed by atoms with Crippen LogP contribution < -0.4 is 21.1 Å². The lowest BCUT2D eigenvalue weighted by atomic mass is 10.1. The second kappa shape index (κ2) is 9.48. The molecule has 0 radical (unpaired) electrons. The van der Waals surface area contributed by atoms with Gasteiger partial charge >= 0.3 is 6.09 Å². The molecule has 0 aliphatic carbocycles. The van der Waals surface area contributed by atoms with E-state index in [-0.39, 0.29) is 18.3 Å². The van der Waals surface area contributed by atoms with Crippen molar-refractivity contribution in [1.82, 2.24) is 15.1 Å². The average molecular weight is 427 g/mol. The van der Waals surface area contributed by atoms with Crippen molar-refractivity contribution in [3.63, 3.8) is 0 Å². The Labute approximate surface area is 184 Å². The third kappa shape index (κ3) is 5.11. The summed E-state index contributed by atoms with van der Waals surface area (Å²) in [5.41, 5.74) is 8.46. The number of hydrogen-bond acceptors (Lipinski definition) is 5. The highest BCUT2D eigenvalue weighted by Crippen LogP contribution is 2.19. The summed E-state index contributed by atoms with van der Waals surface area (Å²) < 4.78 is 6.78. The lowest BCUT2D eigenvalue weighted by Gasteiger charge is -2.08. The zero-order valence-corrected chi connectivity index (χ0v) is 17.1. The van der Waals surface area contributed by atoms with E-state index in [1.807, 2.05) is 36.4 Å². The van der Waals surface area contributed by atoms with Gasteiger partial charge in [-0.05, 0) is 42.0 Å². The van der Waals surface area contributed by atoms with E-state index in [1.165, 1.54) is 0 Å². The Kier molecular flexibility index (Phi) is 6.12. The van der Waals surface area contributed by atoms with Crippen LogP contribution in [0.3, 0.4) is 0 Å². The Morgan fingerprint density at radius 2 is 1.56 bits per heavy atom. The number of benzene rings is 3. The van der Waals surface area contributed by atoms with Crippen molar-refractivity contribution < 1.29 is 14.3 Å². The Bertz CT molecular complexity index is 1210. The Balaban J connectivity index is 1.33. The summed E-state index contributed by atoms with van der Waals surface area (Å²) in [7, 11) is 0. The van der Waals surface area contributed by atoms with Gasteiger partial charge in [-0.3, -0.25) is 4.79 Å². The van der Waals surface area contributed by atoms with E-state index in [9.17, 15) is 9.59 Å². The number of nitrogen functional groups attached to an aromatic ring is 1. The van der Waals surface area contributed by atoms with Crippen LogP contribution in [0.1, 0.15) is 15.9 Å². The molecule has 0 saturated carbocycles. The van der Waals surface area contributed by atoms with Crippen LogP contribution in [-0.4, -0.2) is 21.8 Å². The van der Waals surface area contributed by atoms with Gasteiger partial charge in [-0.1, -0.05) is 48.5 Å². The SMILES string of the molecule is Nc1cn(-c2ccccc2)nc1NC(=O)c1ccc(CNC(=O)Oc2ccccc2)cc1. The molecule has 4 aromatic rings. The monoisotopic (exact) mass is 427 g/mol. The maximum absolute atomic E-state index is 12.6. The first-order chi connectivity index (χ1) is 15.6. The van der Waals surface area contributed by atoms with Gasteiger partial charge in [0.25, 0.3) is 5.91 Å². The minimum absolute atomic E-state index is 0.266. The number of carbonyl (C=O) groups excluding carboxylic acids is 2. The van der Waals surface area contributed by atoms with Crippen LogP contribution in [0.2, 0.25) is 0 Å². The van der Waals surface area contributed by atoms with Crippen molar-refractivity contribution >= 4 is 23.5 Å². The molecular formula is C24H21N5O3. The van der Waals surface area contributed by atoms with E-state index in [0.717, 1.165) is 11.3 Å². The largest absolute Gasteiger partial charge is 0.412 e. The molecule has 0 unspecified atom stereocenters. The second-order valence-corrected chi connectivity index (χ2v) is 6.92. The molecule has 4 N–H and O–H groups in total. The molecule has 0 atom stereocenters. The van der Waals surface area contributed by atoms with E-state index >= 15 is 0 Å². The predicted octanol–water partition coefficient (Wildman–Crippen LogP) is 4.00. The molecule has 0 aliphatic heterocycles. The number of aromatic nitrogens is 2. The lowest BCUT2D eigenvalue weighted by molar-refractivity contribution is 0.102. The summed E-state index contributed by atoms with van der Waals surface area (Å²) in [6, 6.07) is 25.1. The minimum Gasteiger partial charge on any atom is -0.410 e. The van der Waals surface area contributed by atoms with E-state index in [1.54, 1.807) is 59.4 Å². The maximum Gasteiger partial charge on any atom is 0.412 e. The summed E-state index contributed by atoms with van der Waals surface area (Å²) in [6.45, 7) is 0.266. The molecule has 32 heavy (non-hydrogen) atoms. The number of nitrogens with one attached hydrogen (secondary N) is 2. The molecule has 8 nitrogen and oxygen atoms in total. The molecule has 160 valence electrons. The number of nitrogens with zero attached hydrogens (tertiary/aromatic N) is 2. The van der Waals surface area contributed by atoms with Crippen molar-refractivity contribution in [1.29, 1.82) is 0 Å². The molecule has 4 rings (SSSR count). The summed E-state index contributed by atoms with van der Waals surface area (Å²) >= 11 is 0. The number of rotatable bonds is 6. The van der Waals surface area contributed by atoms with E-state index < -0.39 is 6.09 Å². The van der Waals surface area contributed by atoms with Gasteiger partial charge in [-0.2, -0.15) is 0 Å². The van der Waals surface area contributed by atoms with Gasteiger partial charge in [0, 0.05) is 12.1 Å². The van der Waals surface area contributed by atoms with Crippen LogP contribution in [0, 0.1) is 0 Å². The zero-order chi connectivity index (χ0) is 22.3. The van der Waals surface area contributed by atoms with Gasteiger partial charge in [0.05, 0.1) is 17.6 Å². The van der Waals surface area contributed by atoms with E-state index in [2.05, 4.69) is 15.7 Å². The highest BCUT2D eigenvalue weighted by atomic mass is 16.6. The van der Waals surface area contributed by atoms with E-state index in [0.29, 0.717) is 17.0 Å². The number of carbonyl (C=O) groups is 2. The maximum atomic E-state index is 12.6. The molecule has 2 amide bonds. The average Bonchev–Trinajstić information content (AvgIpc) is 3.19. The van der Waals surface area contributed by atoms with Crippen LogP contribution in [0.4, 0.5) is 16.3 Å². The standard InChI is InChI=1S/C24H21N5O3/c25-21-16-29(19-7-3-1-4-8-19)28-22(21)27-23(30)18-13-11-17(12-14-18)15-26-24(31)32-20-9-5-2-6-10-20/h1-14,16H,15,25H2,(H,26,31)(H,27,28,30). The number of amides is 2. The number of anilines is 2. The first-order valence-electron chi connectivity index (χ1n) is 9.90. The summed E-state index contributed by atoms with van der Waals surface area (Å²) in [5.74, 6) is 0.414. The smallest absolute Gasteiger partial charge is 0.410 e. The van der Waals surface area contributed by atoms with Gasteiger partial charge < -0.3 is 21.1 Å². The first kappa shape index (κ1) is 20.7. The molecule has 3 aromatic carbocycles. The molecule has 0 spiro atoms. The molecule has 0 aliphatic rings. The molecule has 1 heterocycles. The van der Waals surface area contributed by atoms with Crippen molar-refractivity contribution in [2.45, 2.75) is 6.54 Å². The van der Waals surface area contributed by atoms with E-state index in [4.69, 9.17) is 10.5 Å². The molecular weight excluding hydrogens is 406 g/mol. The highest BCUT2D eigenvalue weighted by molar-refractivity contribution is 6.05. The third-order valence-electron chi connectivity index (χ3n) is 4.60. The highest BCUT2D eigenvalue weighted by Gasteiger charge is 2.13. The van der Waals surface area contributed by atoms with Crippen molar-refractivity contribution in [2.24, 2.45) is 0 Å². The van der Waals surface area contributed by atoms with Gasteiger partial charge in [-0.25, -0.2) is 9.48 Å². The van der Waals surface area contributed by atoms with Crippen LogP contribution in [0.25, 0.3) is 5.69 Å². The third-order valence-corrected chi connectivity index (χ3v) is 4.60. The second-order valence-electron chi connectivity index (χ2n) is 6.92. The fourth-order valence-corrected chi connectivity index (χ4v) is 2.96. The number of hydrogen-bond donors (Lipinski definition) is 3. The number of nitrogens with two attached hydrogens (primary N) is 1. The molecule has 0 bridgehead atoms. The lowest BCUT2D eigenvalue weighted by Crippen LogP contribution is -2.26. The normalized spacial score (nSPS) is 10.4. The molecule has 0 saturated heterocycles. The summed E-state index contributed by atoms with van der Waals surface area (Å²) in [6.07, 6.45) is 1.09. The van der Waals surface area contributed by atoms with Crippen molar-refractivity contribution in [2.75, 3.05) is 11.1 Å². The fraction of sp³-hybridized carbons (Fsp3) is 0.0417. The summed E-state index contributed by atoms with van der Waals surface area (Å²) in [5, 5.41) is 9.74. The van der Waals surface area contributed by atoms with Crippen LogP contribution >= 0.6 is 0 Å². The van der Waals surface area contributed by atoms with Crippen LogP contribution in [-0.2, 0) is 6.54 Å². The zero-order valence-electron chi connectivity index (χ0n) is 17.1. The summed E-state index contributed by atoms with van der Waals surface area (Å²) in [4.78, 5) is 24.5. The quantitative estimate of drug-likeness (QED) is 0.431. The van der Waals surface area contributed by atoms with Crippen LogP contribution in [0.15, 0.2) is 91.1 Å². The van der Waals surface area contributed by atoms with Gasteiger partial charge in [0.2, 0.25) is 0 Å². The molecule has 0 fully saturated rings. The minimum atomic E-state index is -0.553. The fourth-order valence-electron chi connectivity index (χ4n) is 2.96. The Hall–Kier alpha value is -4.59. The topological polar surface area (TPSA) is 111 Å². The number of ether oxygens (including phenoxy) is 1. The van der Waals surface area contributed by atoms with Gasteiger partial charge in [-0.15, -0.1) is 5.10 Å². The van der Waals surface area contributed by atoms with Gasteiger partial charge in [0.15, 0.2) is 5.82 Å².